The topological polar surface area (TPSA) is 40.5 Å². The molecule has 0 bridgehead atoms. The molecule has 0 heterocycles. The minimum Gasteiger partial charge on any atom is -0.428 e. The van der Waals surface area contributed by atoms with Gasteiger partial charge in [0, 0.05) is 0 Å². The van der Waals surface area contributed by atoms with Gasteiger partial charge in [-0.05, 0) is 91.1 Å². The van der Waals surface area contributed by atoms with Crippen LogP contribution in [0.25, 0.3) is 54.6 Å². The van der Waals surface area contributed by atoms with E-state index in [9.17, 15) is 9.59 Å². The third-order valence-electron chi connectivity index (χ3n) is 7.39. The van der Waals surface area contributed by atoms with Crippen LogP contribution in [-0.4, -0.2) is 26.2 Å². The Morgan fingerprint density at radius 3 is 1.11 bits per heavy atom. The van der Waals surface area contributed by atoms with Crippen molar-refractivity contribution in [2.24, 2.45) is 0 Å². The first-order valence-corrected chi connectivity index (χ1v) is 18.4. The Labute approximate surface area is 214 Å². The molecule has 0 fully saturated rings. The number of hydrogen-bond acceptors (Lipinski definition) is 2. The fourth-order valence-corrected chi connectivity index (χ4v) is 8.45. The molecule has 6 aromatic rings. The van der Waals surface area contributed by atoms with E-state index in [-0.39, 0.29) is 0 Å². The Hall–Kier alpha value is -3.29. The van der Waals surface area contributed by atoms with Crippen molar-refractivity contribution in [2.45, 2.75) is 26.2 Å². The Morgan fingerprint density at radius 2 is 0.778 bits per heavy atom. The average molecular weight is 503 g/mol. The van der Waals surface area contributed by atoms with Gasteiger partial charge in [0.15, 0.2) is 0 Å². The highest BCUT2D eigenvalue weighted by Crippen LogP contribution is 2.42. The van der Waals surface area contributed by atoms with Crippen LogP contribution in [-0.2, 0) is 0 Å². The van der Waals surface area contributed by atoms with Gasteiger partial charge in [-0.3, -0.25) is 0 Å². The molecule has 6 rings (SSSR count). The van der Waals surface area contributed by atoms with E-state index in [1.54, 1.807) is 0 Å². The van der Waals surface area contributed by atoms with Gasteiger partial charge in [-0.15, -0.1) is 0 Å². The van der Waals surface area contributed by atoms with E-state index in [0.717, 1.165) is 43.4 Å². The average Bonchev–Trinajstić information content (AvgIpc) is 2.86. The molecule has 2 N–H and O–H groups in total. The molecular weight excluding hydrogens is 473 g/mol. The molecule has 0 radical (unpaired) electrons. The van der Waals surface area contributed by atoms with Gasteiger partial charge < -0.3 is 9.59 Å². The molecule has 0 saturated heterocycles. The van der Waals surface area contributed by atoms with Crippen molar-refractivity contribution in [3.8, 4) is 22.3 Å². The maximum Gasteiger partial charge on any atom is 0.214 e. The molecule has 36 heavy (non-hydrogen) atoms. The van der Waals surface area contributed by atoms with Gasteiger partial charge in [-0.1, -0.05) is 97.1 Å². The van der Waals surface area contributed by atoms with Gasteiger partial charge in [0.05, 0.1) is 0 Å². The minimum atomic E-state index is -2.66. The van der Waals surface area contributed by atoms with Crippen LogP contribution in [0, 0.1) is 0 Å². The molecule has 0 saturated carbocycles. The second-order valence-corrected chi connectivity index (χ2v) is 18.2. The largest absolute Gasteiger partial charge is 0.428 e. The number of hydrogen-bond donors (Lipinski definition) is 2. The van der Waals surface area contributed by atoms with Crippen molar-refractivity contribution in [3.63, 3.8) is 0 Å². The molecule has 0 aliphatic rings. The monoisotopic (exact) mass is 502 g/mol. The molecule has 0 unspecified atom stereocenters. The summed E-state index contributed by atoms with van der Waals surface area (Å²) >= 11 is 0. The third kappa shape index (κ3) is 3.61. The zero-order valence-corrected chi connectivity index (χ0v) is 23.1. The summed E-state index contributed by atoms with van der Waals surface area (Å²) in [7, 11) is -5.32. The first-order chi connectivity index (χ1) is 17.1. The van der Waals surface area contributed by atoms with Crippen molar-refractivity contribution in [1.82, 2.24) is 0 Å². The SMILES string of the molecule is C[Si](C)(O)c1cc(-c2ccccc2)c2ccc3c([Si](C)(C)O)cc(-c4ccccc4)c4ccc1c2c43. The Kier molecular flexibility index (Phi) is 5.22. The predicted molar refractivity (Wildman–Crippen MR) is 160 cm³/mol. The van der Waals surface area contributed by atoms with E-state index in [1.165, 1.54) is 21.5 Å². The first kappa shape index (κ1) is 23.1. The lowest BCUT2D eigenvalue weighted by molar-refractivity contribution is 0.568. The number of rotatable bonds is 4. The smallest absolute Gasteiger partial charge is 0.214 e. The van der Waals surface area contributed by atoms with Gasteiger partial charge >= 0.3 is 0 Å². The molecule has 6 aromatic carbocycles. The second kappa shape index (κ2) is 8.12. The maximum atomic E-state index is 11.4. The van der Waals surface area contributed by atoms with Crippen LogP contribution in [0.1, 0.15) is 0 Å². The molecule has 2 nitrogen and oxygen atoms in total. The lowest BCUT2D eigenvalue weighted by atomic mass is 9.87. The summed E-state index contributed by atoms with van der Waals surface area (Å²) in [4.78, 5) is 22.8. The molecule has 0 aliphatic heterocycles. The molecule has 0 spiro atoms. The number of benzene rings is 6. The van der Waals surface area contributed by atoms with E-state index in [1.807, 2.05) is 38.3 Å². The van der Waals surface area contributed by atoms with E-state index < -0.39 is 16.6 Å². The second-order valence-electron chi connectivity index (χ2n) is 10.9. The Balaban J connectivity index is 1.88. The van der Waals surface area contributed by atoms with Gasteiger partial charge in [0.2, 0.25) is 16.6 Å². The van der Waals surface area contributed by atoms with Crippen molar-refractivity contribution < 1.29 is 9.59 Å². The summed E-state index contributed by atoms with van der Waals surface area (Å²) in [5.41, 5.74) is 4.59. The first-order valence-electron chi connectivity index (χ1n) is 12.5. The van der Waals surface area contributed by atoms with E-state index in [0.29, 0.717) is 0 Å². The molecular formula is C32H30O2Si2. The molecule has 178 valence electrons. The van der Waals surface area contributed by atoms with Crippen LogP contribution < -0.4 is 10.4 Å². The minimum absolute atomic E-state index is 1.05. The summed E-state index contributed by atoms with van der Waals surface area (Å²) < 4.78 is 0. The highest BCUT2D eigenvalue weighted by Gasteiger charge is 2.29. The van der Waals surface area contributed by atoms with Crippen LogP contribution in [0.3, 0.4) is 0 Å². The van der Waals surface area contributed by atoms with Gasteiger partial charge in [0.25, 0.3) is 0 Å². The highest BCUT2D eigenvalue weighted by atomic mass is 28.4. The van der Waals surface area contributed by atoms with Crippen LogP contribution >= 0.6 is 0 Å². The Morgan fingerprint density at radius 1 is 0.444 bits per heavy atom. The van der Waals surface area contributed by atoms with Crippen LogP contribution in [0.2, 0.25) is 26.2 Å². The van der Waals surface area contributed by atoms with Crippen LogP contribution in [0.5, 0.6) is 0 Å². The van der Waals surface area contributed by atoms with Crippen molar-refractivity contribution in [1.29, 1.82) is 0 Å². The van der Waals surface area contributed by atoms with Crippen LogP contribution in [0.15, 0.2) is 97.1 Å². The van der Waals surface area contributed by atoms with Crippen LogP contribution in [0.4, 0.5) is 0 Å². The van der Waals surface area contributed by atoms with E-state index in [4.69, 9.17) is 0 Å². The third-order valence-corrected chi connectivity index (χ3v) is 10.9. The van der Waals surface area contributed by atoms with Gasteiger partial charge in [-0.25, -0.2) is 0 Å². The summed E-state index contributed by atoms with van der Waals surface area (Å²) in [5.74, 6) is 0. The zero-order valence-electron chi connectivity index (χ0n) is 21.1. The molecule has 0 amide bonds. The summed E-state index contributed by atoms with van der Waals surface area (Å²) in [5, 5.41) is 9.09. The normalized spacial score (nSPS) is 12.7. The molecule has 0 atom stereocenters. The summed E-state index contributed by atoms with van der Waals surface area (Å²) in [6.07, 6.45) is 0. The lowest BCUT2D eigenvalue weighted by Crippen LogP contribution is -2.42. The Bertz CT molecular complexity index is 1600. The van der Waals surface area contributed by atoms with E-state index >= 15 is 0 Å². The lowest BCUT2D eigenvalue weighted by Gasteiger charge is -2.26. The maximum absolute atomic E-state index is 11.4. The van der Waals surface area contributed by atoms with Crippen molar-refractivity contribution >= 4 is 59.3 Å². The molecule has 0 aromatic heterocycles. The quantitative estimate of drug-likeness (QED) is 0.207. The highest BCUT2D eigenvalue weighted by molar-refractivity contribution is 6.86. The van der Waals surface area contributed by atoms with E-state index in [2.05, 4.69) is 84.9 Å². The zero-order chi connectivity index (χ0) is 25.2. The molecule has 4 heteroatoms. The van der Waals surface area contributed by atoms with Gasteiger partial charge in [0.1, 0.15) is 0 Å². The summed E-state index contributed by atoms with van der Waals surface area (Å²) in [6, 6.07) is 34.2. The fourth-order valence-electron chi connectivity index (χ4n) is 5.72. The molecule has 0 aliphatic carbocycles. The van der Waals surface area contributed by atoms with Gasteiger partial charge in [-0.2, -0.15) is 0 Å². The standard InChI is InChI=1S/C32H30O2Si2/c1-35(2,33)29-19-27(21-11-7-5-8-12-21)23-16-18-26-30(36(3,4)34)20-28(22-13-9-6-10-14-22)24-15-17-25(29)31(23)32(24)26/h5-20,33-34H,1-4H3. The summed E-state index contributed by atoms with van der Waals surface area (Å²) in [6.45, 7) is 7.99. The van der Waals surface area contributed by atoms with Crippen molar-refractivity contribution in [3.05, 3.63) is 97.1 Å². The fraction of sp³-hybridized carbons (Fsp3) is 0.125. The predicted octanol–water partition coefficient (Wildman–Crippen LogP) is 6.73. The van der Waals surface area contributed by atoms with Crippen molar-refractivity contribution in [2.75, 3.05) is 0 Å².